The lowest BCUT2D eigenvalue weighted by molar-refractivity contribution is 0.511. The summed E-state index contributed by atoms with van der Waals surface area (Å²) < 4.78 is 2.03. The van der Waals surface area contributed by atoms with E-state index in [0.29, 0.717) is 11.8 Å². The van der Waals surface area contributed by atoms with Crippen LogP contribution in [0.2, 0.25) is 0 Å². The molecule has 0 radical (unpaired) electrons. The highest BCUT2D eigenvalue weighted by Crippen LogP contribution is 2.64. The summed E-state index contributed by atoms with van der Waals surface area (Å²) in [6.07, 6.45) is 5.71. The summed E-state index contributed by atoms with van der Waals surface area (Å²) in [4.78, 5) is 4.48. The molecule has 1 aromatic heterocycles. The second kappa shape index (κ2) is 3.28. The third-order valence-electron chi connectivity index (χ3n) is 3.85. The molecule has 2 saturated carbocycles. The lowest BCUT2D eigenvalue weighted by Gasteiger charge is -2.16. The highest BCUT2D eigenvalue weighted by atomic mass is 79.9. The Morgan fingerprint density at radius 1 is 1.33 bits per heavy atom. The average Bonchev–Trinajstić information content (AvgIpc) is 2.63. The van der Waals surface area contributed by atoms with Crippen molar-refractivity contribution < 1.29 is 0 Å². The van der Waals surface area contributed by atoms with E-state index < -0.39 is 0 Å². The Morgan fingerprint density at radius 2 is 2.00 bits per heavy atom. The topological polar surface area (TPSA) is 38.9 Å². The first-order chi connectivity index (χ1) is 7.14. The van der Waals surface area contributed by atoms with Gasteiger partial charge < -0.3 is 5.73 Å². The van der Waals surface area contributed by atoms with Crippen molar-refractivity contribution in [3.8, 4) is 0 Å². The quantitative estimate of drug-likeness (QED) is 0.858. The summed E-state index contributed by atoms with van der Waals surface area (Å²) in [6, 6.07) is 2.03. The Bertz CT molecular complexity index is 409. The molecule has 15 heavy (non-hydrogen) atoms. The Balaban J connectivity index is 2.00. The van der Waals surface area contributed by atoms with Crippen molar-refractivity contribution >= 4 is 31.9 Å². The van der Waals surface area contributed by atoms with Gasteiger partial charge in [0.1, 0.15) is 0 Å². The molecule has 3 rings (SSSR count). The monoisotopic (exact) mass is 330 g/mol. The largest absolute Gasteiger partial charge is 0.320 e. The number of hydrogen-bond donors (Lipinski definition) is 1. The molecule has 1 heterocycles. The van der Waals surface area contributed by atoms with Gasteiger partial charge in [0, 0.05) is 15.1 Å². The first-order valence-electron chi connectivity index (χ1n) is 5.24. The lowest BCUT2D eigenvalue weighted by atomic mass is 10.0. The molecule has 2 unspecified atom stereocenters. The summed E-state index contributed by atoms with van der Waals surface area (Å²) in [5, 5.41) is 0. The highest BCUT2D eigenvalue weighted by Gasteiger charge is 2.65. The minimum Gasteiger partial charge on any atom is -0.320 e. The molecular weight excluding hydrogens is 320 g/mol. The molecule has 0 aliphatic heterocycles. The van der Waals surface area contributed by atoms with Crippen molar-refractivity contribution in [2.24, 2.45) is 17.6 Å². The minimum atomic E-state index is -0.141. The summed E-state index contributed by atoms with van der Waals surface area (Å²) in [7, 11) is 0. The van der Waals surface area contributed by atoms with Crippen molar-refractivity contribution in [1.82, 2.24) is 4.98 Å². The Morgan fingerprint density at radius 3 is 2.60 bits per heavy atom. The van der Waals surface area contributed by atoms with Gasteiger partial charge in [-0.3, -0.25) is 4.98 Å². The maximum Gasteiger partial charge on any atom is 0.0750 e. The zero-order valence-electron chi connectivity index (χ0n) is 8.21. The van der Waals surface area contributed by atoms with Gasteiger partial charge in [-0.1, -0.05) is 6.42 Å². The fourth-order valence-electron chi connectivity index (χ4n) is 3.09. The smallest absolute Gasteiger partial charge is 0.0750 e. The first kappa shape index (κ1) is 10.2. The van der Waals surface area contributed by atoms with Crippen LogP contribution in [0, 0.1) is 11.8 Å². The van der Waals surface area contributed by atoms with Crippen molar-refractivity contribution in [2.75, 3.05) is 0 Å². The van der Waals surface area contributed by atoms with E-state index in [9.17, 15) is 0 Å². The number of halogens is 2. The maximum atomic E-state index is 6.46. The van der Waals surface area contributed by atoms with E-state index in [1.165, 1.54) is 19.3 Å². The molecule has 2 aliphatic rings. The maximum absolute atomic E-state index is 6.46. The van der Waals surface area contributed by atoms with Crippen LogP contribution >= 0.6 is 31.9 Å². The first-order valence-corrected chi connectivity index (χ1v) is 6.83. The SMILES string of the molecule is NC1(c2ncc(Br)cc2Br)C2CCCC21. The Hall–Kier alpha value is 0.0700. The summed E-state index contributed by atoms with van der Waals surface area (Å²) >= 11 is 6.97. The molecule has 0 saturated heterocycles. The number of aromatic nitrogens is 1. The van der Waals surface area contributed by atoms with E-state index in [1.807, 2.05) is 12.3 Å². The fourth-order valence-corrected chi connectivity index (χ4v) is 4.42. The van der Waals surface area contributed by atoms with Gasteiger partial charge in [-0.2, -0.15) is 0 Å². The Labute approximate surface area is 106 Å². The van der Waals surface area contributed by atoms with Gasteiger partial charge in [0.25, 0.3) is 0 Å². The van der Waals surface area contributed by atoms with E-state index in [4.69, 9.17) is 5.73 Å². The fraction of sp³-hybridized carbons (Fsp3) is 0.545. The number of fused-ring (bicyclic) bond motifs is 1. The third kappa shape index (κ3) is 1.34. The van der Waals surface area contributed by atoms with Crippen LogP contribution in [0.1, 0.15) is 25.0 Å². The van der Waals surface area contributed by atoms with Crippen LogP contribution in [-0.4, -0.2) is 4.98 Å². The molecule has 2 N–H and O–H groups in total. The van der Waals surface area contributed by atoms with E-state index in [1.54, 1.807) is 0 Å². The summed E-state index contributed by atoms with van der Waals surface area (Å²) in [6.45, 7) is 0. The molecule has 4 heteroatoms. The summed E-state index contributed by atoms with van der Waals surface area (Å²) in [5.74, 6) is 1.34. The number of hydrogen-bond acceptors (Lipinski definition) is 2. The number of nitrogens with two attached hydrogens (primary N) is 1. The standard InChI is InChI=1S/C11H12Br2N2/c12-6-4-9(13)10(15-5-6)11(14)7-2-1-3-8(7)11/h4-5,7-8H,1-3,14H2. The molecule has 2 aliphatic carbocycles. The normalized spacial score (nSPS) is 37.8. The molecule has 2 nitrogen and oxygen atoms in total. The van der Waals surface area contributed by atoms with Crippen molar-refractivity contribution in [3.05, 3.63) is 26.9 Å². The van der Waals surface area contributed by atoms with Crippen LogP contribution < -0.4 is 5.73 Å². The molecule has 0 bridgehead atoms. The number of nitrogens with zero attached hydrogens (tertiary/aromatic N) is 1. The zero-order valence-corrected chi connectivity index (χ0v) is 11.4. The van der Waals surface area contributed by atoms with Crippen LogP contribution in [0.4, 0.5) is 0 Å². The van der Waals surface area contributed by atoms with Crippen LogP contribution in [0.15, 0.2) is 21.2 Å². The molecule has 80 valence electrons. The van der Waals surface area contributed by atoms with Gasteiger partial charge in [0.05, 0.1) is 11.2 Å². The van der Waals surface area contributed by atoms with E-state index in [-0.39, 0.29) is 5.54 Å². The van der Waals surface area contributed by atoms with Crippen molar-refractivity contribution in [2.45, 2.75) is 24.8 Å². The summed E-state index contributed by atoms with van der Waals surface area (Å²) in [5.41, 5.74) is 7.36. The van der Waals surface area contributed by atoms with Crippen LogP contribution in [0.5, 0.6) is 0 Å². The molecule has 2 fully saturated rings. The van der Waals surface area contributed by atoms with Gasteiger partial charge in [0.2, 0.25) is 0 Å². The van der Waals surface area contributed by atoms with Crippen LogP contribution in [0.3, 0.4) is 0 Å². The van der Waals surface area contributed by atoms with Gasteiger partial charge in [0.15, 0.2) is 0 Å². The van der Waals surface area contributed by atoms with Crippen molar-refractivity contribution in [1.29, 1.82) is 0 Å². The van der Waals surface area contributed by atoms with Gasteiger partial charge in [-0.15, -0.1) is 0 Å². The van der Waals surface area contributed by atoms with E-state index >= 15 is 0 Å². The van der Waals surface area contributed by atoms with E-state index in [0.717, 1.165) is 14.6 Å². The third-order valence-corrected chi connectivity index (χ3v) is 4.89. The Kier molecular flexibility index (Phi) is 2.24. The zero-order chi connectivity index (χ0) is 10.6. The predicted molar refractivity (Wildman–Crippen MR) is 66.3 cm³/mol. The minimum absolute atomic E-state index is 0.141. The number of pyridine rings is 1. The van der Waals surface area contributed by atoms with Crippen molar-refractivity contribution in [3.63, 3.8) is 0 Å². The average molecular weight is 332 g/mol. The molecule has 2 atom stereocenters. The molecule has 1 aromatic rings. The second-order valence-electron chi connectivity index (χ2n) is 4.56. The van der Waals surface area contributed by atoms with Crippen LogP contribution in [-0.2, 0) is 5.54 Å². The lowest BCUT2D eigenvalue weighted by Crippen LogP contribution is -2.27. The van der Waals surface area contributed by atoms with Gasteiger partial charge >= 0.3 is 0 Å². The predicted octanol–water partition coefficient (Wildman–Crippen LogP) is 3.19. The molecule has 0 aromatic carbocycles. The highest BCUT2D eigenvalue weighted by molar-refractivity contribution is 9.11. The molecule has 0 amide bonds. The molecule has 0 spiro atoms. The van der Waals surface area contributed by atoms with E-state index in [2.05, 4.69) is 36.8 Å². The van der Waals surface area contributed by atoms with Gasteiger partial charge in [-0.05, 0) is 62.6 Å². The number of rotatable bonds is 1. The second-order valence-corrected chi connectivity index (χ2v) is 6.33. The van der Waals surface area contributed by atoms with Gasteiger partial charge in [-0.25, -0.2) is 0 Å². The molecular formula is C11H12Br2N2. The van der Waals surface area contributed by atoms with Crippen LogP contribution in [0.25, 0.3) is 0 Å².